The van der Waals surface area contributed by atoms with Crippen LogP contribution in [0.5, 0.6) is 0 Å². The number of nitrogens with zero attached hydrogens (tertiary/aromatic N) is 2. The lowest BCUT2D eigenvalue weighted by molar-refractivity contribution is 0.0926. The molecule has 2 aromatic heterocycles. The number of rotatable bonds is 5. The van der Waals surface area contributed by atoms with Crippen molar-refractivity contribution >= 4 is 28.4 Å². The quantitative estimate of drug-likeness (QED) is 0.411. The van der Waals surface area contributed by atoms with Gasteiger partial charge in [-0.15, -0.1) is 0 Å². The Morgan fingerprint density at radius 1 is 1.09 bits per heavy atom. The highest BCUT2D eigenvalue weighted by Gasteiger charge is 2.25. The van der Waals surface area contributed by atoms with Crippen LogP contribution < -0.4 is 16.4 Å². The van der Waals surface area contributed by atoms with Gasteiger partial charge in [0.15, 0.2) is 5.82 Å². The first-order valence-electron chi connectivity index (χ1n) is 11.0. The smallest absolute Gasteiger partial charge is 0.251 e. The zero-order valence-corrected chi connectivity index (χ0v) is 17.9. The summed E-state index contributed by atoms with van der Waals surface area (Å²) in [6.45, 7) is 0. The minimum atomic E-state index is -0.474. The van der Waals surface area contributed by atoms with Crippen LogP contribution in [-0.2, 0) is 0 Å². The molecule has 2 aromatic carbocycles. The van der Waals surface area contributed by atoms with E-state index in [2.05, 4.69) is 25.6 Å². The summed E-state index contributed by atoms with van der Waals surface area (Å²) in [5.41, 5.74) is 10.3. The van der Waals surface area contributed by atoms with Gasteiger partial charge < -0.3 is 21.4 Å². The molecule has 2 atom stereocenters. The molecule has 1 amide bonds. The van der Waals surface area contributed by atoms with Gasteiger partial charge in [0.25, 0.3) is 5.91 Å². The highest BCUT2D eigenvalue weighted by atomic mass is 19.1. The molecule has 0 unspecified atom stereocenters. The number of halogens is 1. The molecule has 0 spiro atoms. The topological polar surface area (TPSA) is 107 Å². The molecule has 0 saturated heterocycles. The Hall–Kier alpha value is -3.94. The summed E-state index contributed by atoms with van der Waals surface area (Å²) in [6, 6.07) is 14.3. The van der Waals surface area contributed by atoms with Crippen molar-refractivity contribution in [3.05, 3.63) is 72.3 Å². The van der Waals surface area contributed by atoms with Crippen LogP contribution in [0.1, 0.15) is 36.0 Å². The first kappa shape index (κ1) is 20.9. The minimum absolute atomic E-state index is 0.0213. The monoisotopic (exact) mass is 443 g/mol. The molecule has 167 valence electrons. The summed E-state index contributed by atoms with van der Waals surface area (Å²) in [5.74, 6) is -0.238. The van der Waals surface area contributed by atoms with Crippen molar-refractivity contribution in [2.75, 3.05) is 5.32 Å². The van der Waals surface area contributed by atoms with Crippen LogP contribution >= 0.6 is 0 Å². The maximum absolute atomic E-state index is 14.6. The molecule has 1 aliphatic rings. The molecule has 1 saturated carbocycles. The Kier molecular flexibility index (Phi) is 5.64. The summed E-state index contributed by atoms with van der Waals surface area (Å²) in [4.78, 5) is 24.3. The molecular formula is C25H24FN6O. The number of nitrogens with one attached hydrogen (secondary N) is 4. The minimum Gasteiger partial charge on any atom is -0.360 e. The van der Waals surface area contributed by atoms with Gasteiger partial charge in [-0.05, 0) is 56.0 Å². The maximum Gasteiger partial charge on any atom is 0.251 e. The number of carbonyl (C=O) groups excluding carboxylic acids is 1. The molecule has 33 heavy (non-hydrogen) atoms. The van der Waals surface area contributed by atoms with E-state index in [9.17, 15) is 9.18 Å². The molecule has 4 N–H and O–H groups in total. The second kappa shape index (κ2) is 8.90. The van der Waals surface area contributed by atoms with E-state index in [1.165, 1.54) is 6.20 Å². The van der Waals surface area contributed by atoms with Gasteiger partial charge >= 0.3 is 0 Å². The second-order valence-electron chi connectivity index (χ2n) is 8.39. The third kappa shape index (κ3) is 4.50. The zero-order valence-electron chi connectivity index (χ0n) is 17.9. The lowest BCUT2D eigenvalue weighted by Crippen LogP contribution is -2.42. The molecule has 2 heterocycles. The number of amides is 1. The standard InChI is InChI=1S/C25H24FN6O/c26-21-14-29-25(32-23(21)20-13-28-22-7-2-1-6-19(20)22)31-18-5-3-4-17(12-18)30-24(33)15-8-10-16(27)11-9-15/h1-2,6-11,13-14,17-18,27-28H,3-5,12H2,(H,30,33)(H,29,31,32)/t17-,18+/m0/s1. The molecule has 5 rings (SSSR count). The maximum atomic E-state index is 14.6. The Bertz CT molecular complexity index is 1290. The first-order valence-corrected chi connectivity index (χ1v) is 11.0. The molecule has 1 aliphatic carbocycles. The molecule has 0 bridgehead atoms. The van der Waals surface area contributed by atoms with Crippen LogP contribution in [0.2, 0.25) is 0 Å². The number of H-pyrrole nitrogens is 1. The van der Waals surface area contributed by atoms with Gasteiger partial charge in [0.05, 0.1) is 11.9 Å². The normalized spacial score (nSPS) is 18.2. The zero-order chi connectivity index (χ0) is 22.8. The van der Waals surface area contributed by atoms with Crippen molar-refractivity contribution in [3.8, 4) is 11.3 Å². The van der Waals surface area contributed by atoms with Gasteiger partial charge in [-0.1, -0.05) is 18.2 Å². The van der Waals surface area contributed by atoms with E-state index in [1.54, 1.807) is 30.5 Å². The number of para-hydroxylation sites is 1. The number of carbonyl (C=O) groups is 1. The Labute approximate surface area is 190 Å². The van der Waals surface area contributed by atoms with E-state index in [1.807, 2.05) is 24.3 Å². The molecule has 4 aromatic rings. The van der Waals surface area contributed by atoms with Crippen molar-refractivity contribution in [1.82, 2.24) is 26.0 Å². The molecule has 8 heteroatoms. The van der Waals surface area contributed by atoms with Gasteiger partial charge in [-0.25, -0.2) is 14.4 Å². The second-order valence-corrected chi connectivity index (χ2v) is 8.39. The molecular weight excluding hydrogens is 419 g/mol. The van der Waals surface area contributed by atoms with Gasteiger partial charge in [0, 0.05) is 40.3 Å². The Balaban J connectivity index is 1.29. The number of hydrogen-bond acceptors (Lipinski definition) is 4. The SMILES string of the molecule is [NH]c1ccc(C(=O)N[C@H]2CCC[C@@H](Nc3ncc(F)c(-c4c[nH]c5ccccc45)n3)C2)cc1. The van der Waals surface area contributed by atoms with Crippen molar-refractivity contribution in [3.63, 3.8) is 0 Å². The molecule has 0 aliphatic heterocycles. The number of aromatic nitrogens is 3. The first-order chi connectivity index (χ1) is 16.1. The third-order valence-electron chi connectivity index (χ3n) is 6.08. The van der Waals surface area contributed by atoms with E-state index >= 15 is 0 Å². The summed E-state index contributed by atoms with van der Waals surface area (Å²) in [5, 5.41) is 7.32. The predicted octanol–water partition coefficient (Wildman–Crippen LogP) is 4.83. The van der Waals surface area contributed by atoms with Crippen molar-refractivity contribution < 1.29 is 9.18 Å². The van der Waals surface area contributed by atoms with Gasteiger partial charge in [-0.3, -0.25) is 4.79 Å². The summed E-state index contributed by atoms with van der Waals surface area (Å²) in [7, 11) is 0. The predicted molar refractivity (Wildman–Crippen MR) is 126 cm³/mol. The highest BCUT2D eigenvalue weighted by molar-refractivity contribution is 5.95. The van der Waals surface area contributed by atoms with E-state index in [0.29, 0.717) is 22.8 Å². The highest BCUT2D eigenvalue weighted by Crippen LogP contribution is 2.30. The summed E-state index contributed by atoms with van der Waals surface area (Å²) >= 11 is 0. The number of anilines is 1. The van der Waals surface area contributed by atoms with Gasteiger partial charge in [-0.2, -0.15) is 0 Å². The van der Waals surface area contributed by atoms with Crippen LogP contribution in [0.3, 0.4) is 0 Å². The van der Waals surface area contributed by atoms with Crippen molar-refractivity contribution in [1.29, 1.82) is 0 Å². The average Bonchev–Trinajstić information content (AvgIpc) is 3.25. The molecule has 1 fully saturated rings. The van der Waals surface area contributed by atoms with E-state index in [4.69, 9.17) is 5.73 Å². The van der Waals surface area contributed by atoms with E-state index < -0.39 is 5.82 Å². The average molecular weight is 444 g/mol. The van der Waals surface area contributed by atoms with Crippen molar-refractivity contribution in [2.45, 2.75) is 37.8 Å². The fraction of sp³-hybridized carbons (Fsp3) is 0.240. The van der Waals surface area contributed by atoms with E-state index in [0.717, 1.165) is 36.6 Å². The van der Waals surface area contributed by atoms with Crippen LogP contribution in [0.4, 0.5) is 16.0 Å². The largest absolute Gasteiger partial charge is 0.360 e. The third-order valence-corrected chi connectivity index (χ3v) is 6.08. The molecule has 7 nitrogen and oxygen atoms in total. The summed E-state index contributed by atoms with van der Waals surface area (Å²) in [6.07, 6.45) is 6.45. The fourth-order valence-electron chi connectivity index (χ4n) is 4.42. The fourth-order valence-corrected chi connectivity index (χ4v) is 4.42. The summed E-state index contributed by atoms with van der Waals surface area (Å²) < 4.78 is 14.6. The number of benzene rings is 2. The van der Waals surface area contributed by atoms with Crippen LogP contribution in [-0.4, -0.2) is 32.9 Å². The number of fused-ring (bicyclic) bond motifs is 1. The van der Waals surface area contributed by atoms with Crippen LogP contribution in [0.25, 0.3) is 22.2 Å². The Morgan fingerprint density at radius 2 is 1.88 bits per heavy atom. The van der Waals surface area contributed by atoms with Crippen LogP contribution in [0, 0.1) is 5.82 Å². The molecule has 1 radical (unpaired) electrons. The van der Waals surface area contributed by atoms with Gasteiger partial charge in [0.2, 0.25) is 5.95 Å². The lowest BCUT2D eigenvalue weighted by atomic mass is 9.91. The van der Waals surface area contributed by atoms with Gasteiger partial charge in [0.1, 0.15) is 5.69 Å². The van der Waals surface area contributed by atoms with E-state index in [-0.39, 0.29) is 23.7 Å². The number of hydrogen-bond donors (Lipinski definition) is 3. The lowest BCUT2D eigenvalue weighted by Gasteiger charge is -2.30. The van der Waals surface area contributed by atoms with Crippen LogP contribution in [0.15, 0.2) is 60.9 Å². The van der Waals surface area contributed by atoms with Crippen molar-refractivity contribution in [2.24, 2.45) is 0 Å². The number of aromatic amines is 1. The Morgan fingerprint density at radius 3 is 2.73 bits per heavy atom.